The highest BCUT2D eigenvalue weighted by Gasteiger charge is 2.13. The molecule has 9 heteroatoms. The third kappa shape index (κ3) is 3.37. The predicted molar refractivity (Wildman–Crippen MR) is 112 cm³/mol. The van der Waals surface area contributed by atoms with Crippen LogP contribution in [-0.2, 0) is 6.54 Å². The Morgan fingerprint density at radius 2 is 2.00 bits per heavy atom. The van der Waals surface area contributed by atoms with Gasteiger partial charge in [0.2, 0.25) is 5.13 Å². The Kier molecular flexibility index (Phi) is 4.84. The topological polar surface area (TPSA) is 92.7 Å². The van der Waals surface area contributed by atoms with E-state index in [9.17, 15) is 9.59 Å². The first kappa shape index (κ1) is 18.2. The number of benzene rings is 2. The zero-order chi connectivity index (χ0) is 19.7. The van der Waals surface area contributed by atoms with Crippen LogP contribution in [0.2, 0.25) is 0 Å². The molecule has 140 valence electrons. The molecule has 28 heavy (non-hydrogen) atoms. The van der Waals surface area contributed by atoms with Crippen molar-refractivity contribution in [3.05, 3.63) is 69.2 Å². The van der Waals surface area contributed by atoms with Crippen molar-refractivity contribution in [1.82, 2.24) is 19.7 Å². The molecule has 4 aromatic rings. The van der Waals surface area contributed by atoms with E-state index in [4.69, 9.17) is 12.2 Å². The largest absolute Gasteiger partial charge is 0.332 e. The van der Waals surface area contributed by atoms with Gasteiger partial charge in [-0.2, -0.15) is 0 Å². The molecule has 0 saturated heterocycles. The van der Waals surface area contributed by atoms with Gasteiger partial charge in [-0.3, -0.25) is 19.5 Å². The molecule has 2 N–H and O–H groups in total. The summed E-state index contributed by atoms with van der Waals surface area (Å²) in [4.78, 5) is 28.1. The molecule has 0 aliphatic heterocycles. The second kappa shape index (κ2) is 7.45. The lowest BCUT2D eigenvalue weighted by Crippen LogP contribution is -2.21. The van der Waals surface area contributed by atoms with Gasteiger partial charge in [0, 0.05) is 17.7 Å². The average molecular weight is 409 g/mol. The average Bonchev–Trinajstić information content (AvgIpc) is 3.17. The second-order valence-corrected chi connectivity index (χ2v) is 7.34. The first-order valence-electron chi connectivity index (χ1n) is 8.54. The number of aromatic amines is 1. The molecule has 0 spiro atoms. The molecule has 0 fully saturated rings. The van der Waals surface area contributed by atoms with Crippen molar-refractivity contribution >= 4 is 45.5 Å². The SMILES string of the molecule is CCn1c(=S)[nH]c2cc(C(=O)Nc3nnc(-c4ccccc4)s3)ccc2c1=O. The fraction of sp³-hybridized carbons (Fsp3) is 0.105. The fourth-order valence-corrected chi connectivity index (χ4v) is 3.89. The van der Waals surface area contributed by atoms with Crippen molar-refractivity contribution in [3.8, 4) is 10.6 Å². The molecular weight excluding hydrogens is 394 g/mol. The Hall–Kier alpha value is -3.17. The minimum atomic E-state index is -0.336. The van der Waals surface area contributed by atoms with Crippen LogP contribution in [0.1, 0.15) is 17.3 Å². The molecule has 2 aromatic heterocycles. The molecular formula is C19H15N5O2S2. The Morgan fingerprint density at radius 1 is 1.21 bits per heavy atom. The lowest BCUT2D eigenvalue weighted by molar-refractivity contribution is 0.102. The predicted octanol–water partition coefficient (Wildman–Crippen LogP) is 3.85. The van der Waals surface area contributed by atoms with Gasteiger partial charge in [0.05, 0.1) is 10.9 Å². The number of nitrogens with zero attached hydrogens (tertiary/aromatic N) is 3. The highest BCUT2D eigenvalue weighted by molar-refractivity contribution is 7.71. The monoisotopic (exact) mass is 409 g/mol. The maximum Gasteiger partial charge on any atom is 0.262 e. The van der Waals surface area contributed by atoms with Gasteiger partial charge in [0.25, 0.3) is 11.5 Å². The Balaban J connectivity index is 1.62. The Labute approximate surface area is 168 Å². The van der Waals surface area contributed by atoms with Crippen molar-refractivity contribution in [2.75, 3.05) is 5.32 Å². The van der Waals surface area contributed by atoms with E-state index in [2.05, 4.69) is 20.5 Å². The molecule has 2 aromatic carbocycles. The number of rotatable bonds is 4. The number of anilines is 1. The summed E-state index contributed by atoms with van der Waals surface area (Å²) in [6.45, 7) is 2.33. The summed E-state index contributed by atoms with van der Waals surface area (Å²) in [7, 11) is 0. The van der Waals surface area contributed by atoms with E-state index in [1.165, 1.54) is 15.9 Å². The molecule has 7 nitrogen and oxygen atoms in total. The van der Waals surface area contributed by atoms with E-state index in [0.29, 0.717) is 32.9 Å². The van der Waals surface area contributed by atoms with Crippen molar-refractivity contribution in [1.29, 1.82) is 0 Å². The van der Waals surface area contributed by atoms with Crippen molar-refractivity contribution in [3.63, 3.8) is 0 Å². The summed E-state index contributed by atoms with van der Waals surface area (Å²) < 4.78 is 1.80. The molecule has 0 radical (unpaired) electrons. The van der Waals surface area contributed by atoms with Crippen LogP contribution in [0.25, 0.3) is 21.5 Å². The molecule has 0 aliphatic carbocycles. The molecule has 0 saturated carbocycles. The Morgan fingerprint density at radius 3 is 2.75 bits per heavy atom. The van der Waals surface area contributed by atoms with E-state index in [0.717, 1.165) is 10.6 Å². The van der Waals surface area contributed by atoms with Crippen LogP contribution < -0.4 is 10.9 Å². The first-order chi connectivity index (χ1) is 13.6. The van der Waals surface area contributed by atoms with Crippen LogP contribution in [0.5, 0.6) is 0 Å². The van der Waals surface area contributed by atoms with Crippen LogP contribution in [0.3, 0.4) is 0 Å². The van der Waals surface area contributed by atoms with E-state index >= 15 is 0 Å². The number of nitrogens with one attached hydrogen (secondary N) is 2. The van der Waals surface area contributed by atoms with Crippen LogP contribution in [0.15, 0.2) is 53.3 Å². The molecule has 0 atom stereocenters. The van der Waals surface area contributed by atoms with Gasteiger partial charge in [-0.25, -0.2) is 0 Å². The summed E-state index contributed by atoms with van der Waals surface area (Å²) in [5.41, 5.74) is 1.67. The third-order valence-electron chi connectivity index (χ3n) is 4.23. The zero-order valence-corrected chi connectivity index (χ0v) is 16.4. The van der Waals surface area contributed by atoms with E-state index < -0.39 is 0 Å². The summed E-state index contributed by atoms with van der Waals surface area (Å²) in [6, 6.07) is 14.5. The number of hydrogen-bond donors (Lipinski definition) is 2. The van der Waals surface area contributed by atoms with Gasteiger partial charge in [0.15, 0.2) is 4.77 Å². The van der Waals surface area contributed by atoms with E-state index in [-0.39, 0.29) is 11.5 Å². The first-order valence-corrected chi connectivity index (χ1v) is 9.76. The molecule has 2 heterocycles. The van der Waals surface area contributed by atoms with Gasteiger partial charge in [0.1, 0.15) is 5.01 Å². The summed E-state index contributed by atoms with van der Waals surface area (Å²) in [5, 5.41) is 12.5. The van der Waals surface area contributed by atoms with Crippen molar-refractivity contribution in [2.45, 2.75) is 13.5 Å². The third-order valence-corrected chi connectivity index (χ3v) is 5.44. The standard InChI is InChI=1S/C19H15N5O2S2/c1-2-24-17(26)13-9-8-12(10-14(13)20-19(24)27)15(25)21-18-23-22-16(28-18)11-6-4-3-5-7-11/h3-10H,2H2,1H3,(H,20,27)(H,21,23,25). The number of H-pyrrole nitrogens is 1. The number of aromatic nitrogens is 4. The summed E-state index contributed by atoms with van der Waals surface area (Å²) in [6.07, 6.45) is 0. The van der Waals surface area contributed by atoms with Crippen LogP contribution in [0, 0.1) is 4.77 Å². The van der Waals surface area contributed by atoms with Gasteiger partial charge >= 0.3 is 0 Å². The highest BCUT2D eigenvalue weighted by atomic mass is 32.1. The Bertz CT molecular complexity index is 1290. The van der Waals surface area contributed by atoms with Gasteiger partial charge < -0.3 is 4.98 Å². The quantitative estimate of drug-likeness (QED) is 0.500. The minimum absolute atomic E-state index is 0.176. The second-order valence-electron chi connectivity index (χ2n) is 5.97. The van der Waals surface area contributed by atoms with Gasteiger partial charge in [-0.1, -0.05) is 41.7 Å². The smallest absolute Gasteiger partial charge is 0.262 e. The van der Waals surface area contributed by atoms with Crippen molar-refractivity contribution < 1.29 is 4.79 Å². The number of fused-ring (bicyclic) bond motifs is 1. The lowest BCUT2D eigenvalue weighted by Gasteiger charge is -2.07. The number of carbonyl (C=O) groups excluding carboxylic acids is 1. The number of amides is 1. The van der Waals surface area contributed by atoms with Gasteiger partial charge in [-0.15, -0.1) is 10.2 Å². The van der Waals surface area contributed by atoms with E-state index in [1.807, 2.05) is 37.3 Å². The fourth-order valence-electron chi connectivity index (χ4n) is 2.82. The molecule has 0 unspecified atom stereocenters. The molecule has 1 amide bonds. The van der Waals surface area contributed by atoms with Crippen LogP contribution in [0.4, 0.5) is 5.13 Å². The van der Waals surface area contributed by atoms with Crippen molar-refractivity contribution in [2.24, 2.45) is 0 Å². The minimum Gasteiger partial charge on any atom is -0.332 e. The summed E-state index contributed by atoms with van der Waals surface area (Å²) >= 11 is 6.51. The summed E-state index contributed by atoms with van der Waals surface area (Å²) in [5.74, 6) is -0.336. The van der Waals surface area contributed by atoms with Crippen LogP contribution in [-0.4, -0.2) is 25.7 Å². The normalized spacial score (nSPS) is 10.9. The molecule has 0 aliphatic rings. The zero-order valence-electron chi connectivity index (χ0n) is 14.8. The number of carbonyl (C=O) groups is 1. The highest BCUT2D eigenvalue weighted by Crippen LogP contribution is 2.26. The maximum absolute atomic E-state index is 12.6. The van der Waals surface area contributed by atoms with Gasteiger partial charge in [-0.05, 0) is 37.3 Å². The molecule has 0 bridgehead atoms. The number of hydrogen-bond acceptors (Lipinski definition) is 6. The lowest BCUT2D eigenvalue weighted by atomic mass is 10.1. The maximum atomic E-state index is 12.6. The van der Waals surface area contributed by atoms with E-state index in [1.54, 1.807) is 18.2 Å². The van der Waals surface area contributed by atoms with Crippen LogP contribution >= 0.6 is 23.6 Å². The molecule has 4 rings (SSSR count).